The van der Waals surface area contributed by atoms with Crippen molar-refractivity contribution in [3.8, 4) is 5.75 Å². The molecule has 5 nitrogen and oxygen atoms in total. The Morgan fingerprint density at radius 3 is 2.27 bits per heavy atom. The summed E-state index contributed by atoms with van der Waals surface area (Å²) in [7, 11) is 0. The maximum absolute atomic E-state index is 12.9. The second-order valence-electron chi connectivity index (χ2n) is 7.93. The molecule has 1 saturated carbocycles. The second-order valence-corrected chi connectivity index (χ2v) is 7.93. The van der Waals surface area contributed by atoms with Crippen LogP contribution in [0.15, 0.2) is 66.7 Å². The predicted octanol–water partition coefficient (Wildman–Crippen LogP) is 4.74. The minimum atomic E-state index is -0.523. The minimum absolute atomic E-state index is 0.149. The average Bonchev–Trinajstić information content (AvgIpc) is 3.04. The molecular weight excluding hydrogens is 378 g/mol. The maximum atomic E-state index is 12.9. The molecule has 3 aromatic carbocycles. The summed E-state index contributed by atoms with van der Waals surface area (Å²) in [5.41, 5.74) is 0.739. The lowest BCUT2D eigenvalue weighted by molar-refractivity contribution is -0.122. The van der Waals surface area contributed by atoms with Crippen molar-refractivity contribution < 1.29 is 19.1 Å². The third-order valence-electron chi connectivity index (χ3n) is 6.13. The quantitative estimate of drug-likeness (QED) is 0.363. The molecule has 0 radical (unpaired) electrons. The molecule has 1 saturated heterocycles. The number of benzene rings is 3. The molecule has 0 aromatic heterocycles. The van der Waals surface area contributed by atoms with Crippen LogP contribution in [0.1, 0.15) is 36.0 Å². The van der Waals surface area contributed by atoms with Gasteiger partial charge in [0, 0.05) is 5.39 Å². The van der Waals surface area contributed by atoms with E-state index < -0.39 is 5.97 Å². The van der Waals surface area contributed by atoms with Crippen LogP contribution in [-0.2, 0) is 9.59 Å². The van der Waals surface area contributed by atoms with Gasteiger partial charge in [-0.15, -0.1) is 0 Å². The Balaban J connectivity index is 1.43. The van der Waals surface area contributed by atoms with Crippen LogP contribution in [0.5, 0.6) is 5.75 Å². The normalized spacial score (nSPS) is 21.0. The third kappa shape index (κ3) is 3.07. The highest BCUT2D eigenvalue weighted by molar-refractivity contribution is 6.22. The fraction of sp³-hybridized carbons (Fsp3) is 0.240. The van der Waals surface area contributed by atoms with Gasteiger partial charge in [0.1, 0.15) is 5.75 Å². The maximum Gasteiger partial charge on any atom is 0.343 e. The summed E-state index contributed by atoms with van der Waals surface area (Å²) >= 11 is 0. The summed E-state index contributed by atoms with van der Waals surface area (Å²) in [4.78, 5) is 39.8. The number of imide groups is 1. The van der Waals surface area contributed by atoms with Gasteiger partial charge in [0.15, 0.2) is 0 Å². The number of rotatable bonds is 3. The van der Waals surface area contributed by atoms with Crippen LogP contribution in [0.2, 0.25) is 0 Å². The SMILES string of the molecule is O=C(Oc1cccc2ccccc12)c1cccc(N2C(=O)[C@H]3CCCC[C@@H]3C2=O)c1. The molecule has 1 heterocycles. The molecule has 2 amide bonds. The first-order valence-corrected chi connectivity index (χ1v) is 10.3. The lowest BCUT2D eigenvalue weighted by Gasteiger charge is -2.19. The average molecular weight is 399 g/mol. The summed E-state index contributed by atoms with van der Waals surface area (Å²) in [6.07, 6.45) is 3.47. The Labute approximate surface area is 174 Å². The van der Waals surface area contributed by atoms with Crippen LogP contribution in [-0.4, -0.2) is 17.8 Å². The number of amides is 2. The molecule has 150 valence electrons. The Kier molecular flexibility index (Phi) is 4.58. The van der Waals surface area contributed by atoms with Gasteiger partial charge in [0.25, 0.3) is 0 Å². The number of hydrogen-bond acceptors (Lipinski definition) is 4. The molecule has 3 aromatic rings. The van der Waals surface area contributed by atoms with Gasteiger partial charge in [-0.2, -0.15) is 0 Å². The topological polar surface area (TPSA) is 63.7 Å². The molecule has 30 heavy (non-hydrogen) atoms. The van der Waals surface area contributed by atoms with E-state index in [-0.39, 0.29) is 23.7 Å². The van der Waals surface area contributed by atoms with E-state index in [0.29, 0.717) is 17.0 Å². The summed E-state index contributed by atoms with van der Waals surface area (Å²) in [5.74, 6) is -0.795. The molecule has 1 aliphatic carbocycles. The zero-order chi connectivity index (χ0) is 20.7. The van der Waals surface area contributed by atoms with Crippen LogP contribution >= 0.6 is 0 Å². The van der Waals surface area contributed by atoms with Crippen molar-refractivity contribution in [2.24, 2.45) is 11.8 Å². The number of carbonyl (C=O) groups is 3. The first-order valence-electron chi connectivity index (χ1n) is 10.3. The fourth-order valence-electron chi connectivity index (χ4n) is 4.63. The molecule has 1 aliphatic heterocycles. The van der Waals surface area contributed by atoms with E-state index in [0.717, 1.165) is 36.5 Å². The van der Waals surface area contributed by atoms with E-state index in [1.54, 1.807) is 30.3 Å². The van der Waals surface area contributed by atoms with Gasteiger partial charge in [0.05, 0.1) is 23.1 Å². The molecule has 5 heteroatoms. The number of carbonyl (C=O) groups excluding carboxylic acids is 3. The molecule has 0 spiro atoms. The summed E-state index contributed by atoms with van der Waals surface area (Å²) in [6, 6.07) is 19.8. The van der Waals surface area contributed by atoms with Crippen molar-refractivity contribution in [2.45, 2.75) is 25.7 Å². The smallest absolute Gasteiger partial charge is 0.343 e. The van der Waals surface area contributed by atoms with Crippen molar-refractivity contribution in [1.82, 2.24) is 0 Å². The standard InChI is InChI=1S/C25H21NO4/c27-23-20-12-3-4-13-21(20)24(28)26(23)18-10-5-9-17(15-18)25(29)30-22-14-6-8-16-7-1-2-11-19(16)22/h1-2,5-11,14-15,20-21H,3-4,12-13H2/t20-,21-/m0/s1. The molecule has 2 fully saturated rings. The summed E-state index contributed by atoms with van der Waals surface area (Å²) in [6.45, 7) is 0. The van der Waals surface area contributed by atoms with E-state index in [9.17, 15) is 14.4 Å². The second kappa shape index (κ2) is 7.41. The monoisotopic (exact) mass is 399 g/mol. The molecular formula is C25H21NO4. The van der Waals surface area contributed by atoms with Gasteiger partial charge in [-0.05, 0) is 42.5 Å². The Morgan fingerprint density at radius 1 is 0.833 bits per heavy atom. The van der Waals surface area contributed by atoms with Crippen molar-refractivity contribution in [2.75, 3.05) is 4.90 Å². The van der Waals surface area contributed by atoms with Gasteiger partial charge in [-0.3, -0.25) is 14.5 Å². The van der Waals surface area contributed by atoms with Crippen LogP contribution in [0.25, 0.3) is 10.8 Å². The highest BCUT2D eigenvalue weighted by Gasteiger charge is 2.48. The van der Waals surface area contributed by atoms with Crippen molar-refractivity contribution in [3.05, 3.63) is 72.3 Å². The lowest BCUT2D eigenvalue weighted by atomic mass is 9.81. The highest BCUT2D eigenvalue weighted by atomic mass is 16.5. The van der Waals surface area contributed by atoms with Crippen molar-refractivity contribution >= 4 is 34.2 Å². The molecule has 0 N–H and O–H groups in total. The van der Waals surface area contributed by atoms with Crippen LogP contribution in [0, 0.1) is 11.8 Å². The minimum Gasteiger partial charge on any atom is -0.422 e. The van der Waals surface area contributed by atoms with Gasteiger partial charge >= 0.3 is 5.97 Å². The Hall–Kier alpha value is -3.47. The van der Waals surface area contributed by atoms with E-state index >= 15 is 0 Å². The Morgan fingerprint density at radius 2 is 1.50 bits per heavy atom. The number of nitrogens with zero attached hydrogens (tertiary/aromatic N) is 1. The molecule has 5 rings (SSSR count). The van der Waals surface area contributed by atoms with Gasteiger partial charge in [-0.25, -0.2) is 4.79 Å². The van der Waals surface area contributed by atoms with E-state index in [1.165, 1.54) is 4.90 Å². The van der Waals surface area contributed by atoms with E-state index in [1.807, 2.05) is 36.4 Å². The first kappa shape index (κ1) is 18.6. The van der Waals surface area contributed by atoms with Crippen molar-refractivity contribution in [3.63, 3.8) is 0 Å². The number of anilines is 1. The number of fused-ring (bicyclic) bond motifs is 2. The molecule has 0 bridgehead atoms. The Bertz CT molecular complexity index is 1140. The number of esters is 1. The largest absolute Gasteiger partial charge is 0.422 e. The zero-order valence-corrected chi connectivity index (χ0v) is 16.4. The van der Waals surface area contributed by atoms with Gasteiger partial charge in [-0.1, -0.05) is 55.3 Å². The molecule has 2 aliphatic rings. The van der Waals surface area contributed by atoms with Crippen molar-refractivity contribution in [1.29, 1.82) is 0 Å². The third-order valence-corrected chi connectivity index (χ3v) is 6.13. The number of ether oxygens (including phenoxy) is 1. The number of hydrogen-bond donors (Lipinski definition) is 0. The lowest BCUT2D eigenvalue weighted by Crippen LogP contribution is -2.31. The molecule has 0 unspecified atom stereocenters. The summed E-state index contributed by atoms with van der Waals surface area (Å²) in [5, 5.41) is 1.82. The first-order chi connectivity index (χ1) is 14.6. The van der Waals surface area contributed by atoms with E-state index in [2.05, 4.69) is 0 Å². The molecule has 2 atom stereocenters. The predicted molar refractivity (Wildman–Crippen MR) is 113 cm³/mol. The van der Waals surface area contributed by atoms with Gasteiger partial charge in [0.2, 0.25) is 11.8 Å². The zero-order valence-electron chi connectivity index (χ0n) is 16.4. The summed E-state index contributed by atoms with van der Waals surface area (Å²) < 4.78 is 5.65. The van der Waals surface area contributed by atoms with Crippen LogP contribution < -0.4 is 9.64 Å². The fourth-order valence-corrected chi connectivity index (χ4v) is 4.63. The van der Waals surface area contributed by atoms with Gasteiger partial charge < -0.3 is 4.74 Å². The van der Waals surface area contributed by atoms with Crippen LogP contribution in [0.3, 0.4) is 0 Å². The van der Waals surface area contributed by atoms with Crippen LogP contribution in [0.4, 0.5) is 5.69 Å². The highest BCUT2D eigenvalue weighted by Crippen LogP contribution is 2.40. The van der Waals surface area contributed by atoms with E-state index in [4.69, 9.17) is 4.74 Å².